The lowest BCUT2D eigenvalue weighted by molar-refractivity contribution is -0.134. The van der Waals surface area contributed by atoms with Gasteiger partial charge < -0.3 is 10.1 Å². The van der Waals surface area contributed by atoms with E-state index < -0.39 is 0 Å². The zero-order chi connectivity index (χ0) is 11.8. The number of carbonyl (C=O) groups is 1. The van der Waals surface area contributed by atoms with Gasteiger partial charge in [-0.3, -0.25) is 9.69 Å². The Labute approximate surface area is 97.3 Å². The quantitative estimate of drug-likeness (QED) is 0.734. The minimum atomic E-state index is -0.230. The molecule has 0 aromatic rings. The normalized spacial score (nSPS) is 31.4. The Balaban J connectivity index is 1.89. The molecule has 0 aromatic carbocycles. The smallest absolute Gasteiger partial charge is 0.152 e. The molecule has 2 aliphatic heterocycles. The summed E-state index contributed by atoms with van der Waals surface area (Å²) in [5.41, 5.74) is -0.230. The van der Waals surface area contributed by atoms with Crippen molar-refractivity contribution in [1.82, 2.24) is 10.2 Å². The van der Waals surface area contributed by atoms with Crippen molar-refractivity contribution in [3.8, 4) is 0 Å². The monoisotopic (exact) mass is 226 g/mol. The van der Waals surface area contributed by atoms with Crippen LogP contribution in [0.25, 0.3) is 0 Å². The number of rotatable bonds is 2. The number of ether oxygens (including phenoxy) is 1. The van der Waals surface area contributed by atoms with E-state index in [2.05, 4.69) is 10.2 Å². The summed E-state index contributed by atoms with van der Waals surface area (Å²) in [6, 6.07) is 0. The summed E-state index contributed by atoms with van der Waals surface area (Å²) in [5, 5.41) is 3.35. The van der Waals surface area contributed by atoms with Crippen LogP contribution in [0.5, 0.6) is 0 Å². The molecule has 4 heteroatoms. The van der Waals surface area contributed by atoms with E-state index in [1.807, 2.05) is 20.8 Å². The Morgan fingerprint density at radius 3 is 2.38 bits per heavy atom. The second kappa shape index (κ2) is 4.43. The van der Waals surface area contributed by atoms with Gasteiger partial charge in [0.05, 0.1) is 18.8 Å². The summed E-state index contributed by atoms with van der Waals surface area (Å²) >= 11 is 0. The molecule has 0 unspecified atom stereocenters. The summed E-state index contributed by atoms with van der Waals surface area (Å²) in [7, 11) is 0. The van der Waals surface area contributed by atoms with Crippen molar-refractivity contribution in [3.05, 3.63) is 0 Å². The largest absolute Gasteiger partial charge is 0.370 e. The lowest BCUT2D eigenvalue weighted by Crippen LogP contribution is -2.59. The van der Waals surface area contributed by atoms with Crippen molar-refractivity contribution in [1.29, 1.82) is 0 Å². The van der Waals surface area contributed by atoms with Gasteiger partial charge in [0, 0.05) is 31.6 Å². The fourth-order valence-electron chi connectivity index (χ4n) is 2.21. The van der Waals surface area contributed by atoms with E-state index in [1.54, 1.807) is 0 Å². The molecule has 2 heterocycles. The number of Topliss-reactive ketones (excluding diaryl/α,β-unsaturated/α-hetero) is 1. The predicted octanol–water partition coefficient (Wildman–Crippen LogP) is 0.274. The van der Waals surface area contributed by atoms with Gasteiger partial charge in [0.1, 0.15) is 0 Å². The molecule has 2 fully saturated rings. The molecule has 0 aromatic heterocycles. The number of carbonyl (C=O) groups excluding carboxylic acids is 1. The minimum Gasteiger partial charge on any atom is -0.370 e. The third kappa shape index (κ3) is 2.81. The standard InChI is InChI=1S/C12H22N2O2/c1-12(2,3)11(15)8-14-6-9-4-13-5-10(7-14)16-9/h9-10,13H,4-8H2,1-3H3/t9-,10+. The average molecular weight is 226 g/mol. The van der Waals surface area contributed by atoms with Gasteiger partial charge in [-0.2, -0.15) is 0 Å². The Kier molecular flexibility index (Phi) is 3.33. The lowest BCUT2D eigenvalue weighted by atomic mass is 9.90. The molecule has 92 valence electrons. The molecule has 0 amide bonds. The topological polar surface area (TPSA) is 41.6 Å². The van der Waals surface area contributed by atoms with Crippen molar-refractivity contribution in [2.75, 3.05) is 32.7 Å². The van der Waals surface area contributed by atoms with Crippen LogP contribution >= 0.6 is 0 Å². The fraction of sp³-hybridized carbons (Fsp3) is 0.917. The van der Waals surface area contributed by atoms with E-state index in [-0.39, 0.29) is 17.6 Å². The molecule has 2 bridgehead atoms. The third-order valence-corrected chi connectivity index (χ3v) is 3.26. The van der Waals surface area contributed by atoms with E-state index in [1.165, 1.54) is 0 Å². The van der Waals surface area contributed by atoms with E-state index in [4.69, 9.17) is 4.74 Å². The van der Waals surface area contributed by atoms with Crippen LogP contribution in [-0.2, 0) is 9.53 Å². The van der Waals surface area contributed by atoms with Gasteiger partial charge >= 0.3 is 0 Å². The van der Waals surface area contributed by atoms with E-state index in [0.29, 0.717) is 12.3 Å². The number of nitrogens with one attached hydrogen (secondary N) is 1. The first-order valence-electron chi connectivity index (χ1n) is 6.07. The molecule has 0 spiro atoms. The summed E-state index contributed by atoms with van der Waals surface area (Å²) in [4.78, 5) is 14.2. The highest BCUT2D eigenvalue weighted by molar-refractivity contribution is 5.85. The predicted molar refractivity (Wildman–Crippen MR) is 62.4 cm³/mol. The van der Waals surface area contributed by atoms with Gasteiger partial charge in [-0.05, 0) is 0 Å². The lowest BCUT2D eigenvalue weighted by Gasteiger charge is -2.42. The van der Waals surface area contributed by atoms with Crippen molar-refractivity contribution < 1.29 is 9.53 Å². The molecule has 0 radical (unpaired) electrons. The zero-order valence-electron chi connectivity index (χ0n) is 10.5. The molecule has 4 nitrogen and oxygen atoms in total. The molecule has 2 saturated heterocycles. The van der Waals surface area contributed by atoms with Crippen LogP contribution in [0.4, 0.5) is 0 Å². The molecule has 0 aliphatic carbocycles. The number of hydrogen-bond acceptors (Lipinski definition) is 4. The number of ketones is 1. The maximum absolute atomic E-state index is 12.0. The van der Waals surface area contributed by atoms with Crippen molar-refractivity contribution in [2.24, 2.45) is 5.41 Å². The van der Waals surface area contributed by atoms with Gasteiger partial charge in [-0.15, -0.1) is 0 Å². The maximum atomic E-state index is 12.0. The third-order valence-electron chi connectivity index (χ3n) is 3.26. The molecule has 16 heavy (non-hydrogen) atoms. The highest BCUT2D eigenvalue weighted by Gasteiger charge is 2.33. The summed E-state index contributed by atoms with van der Waals surface area (Å²) < 4.78 is 5.80. The molecular formula is C12H22N2O2. The molecule has 2 atom stereocenters. The van der Waals surface area contributed by atoms with Gasteiger partial charge in [0.2, 0.25) is 0 Å². The number of morpholine rings is 2. The molecule has 1 N–H and O–H groups in total. The van der Waals surface area contributed by atoms with E-state index in [0.717, 1.165) is 26.2 Å². The molecule has 2 aliphatic rings. The van der Waals surface area contributed by atoms with Crippen LogP contribution < -0.4 is 5.32 Å². The van der Waals surface area contributed by atoms with Crippen molar-refractivity contribution in [2.45, 2.75) is 33.0 Å². The highest BCUT2D eigenvalue weighted by atomic mass is 16.5. The van der Waals surface area contributed by atoms with Crippen molar-refractivity contribution in [3.63, 3.8) is 0 Å². The second-order valence-corrected chi connectivity index (χ2v) is 5.91. The van der Waals surface area contributed by atoms with Crippen LogP contribution in [0.1, 0.15) is 20.8 Å². The number of fused-ring (bicyclic) bond motifs is 2. The molecular weight excluding hydrogens is 204 g/mol. The summed E-state index contributed by atoms with van der Waals surface area (Å²) in [5.74, 6) is 0.320. The Morgan fingerprint density at radius 1 is 1.31 bits per heavy atom. The van der Waals surface area contributed by atoms with Gasteiger partial charge in [0.15, 0.2) is 5.78 Å². The summed E-state index contributed by atoms with van der Waals surface area (Å²) in [6.45, 7) is 10.1. The average Bonchev–Trinajstić information content (AvgIpc) is 2.15. The first kappa shape index (κ1) is 12.0. The Bertz CT molecular complexity index is 261. The Hall–Kier alpha value is -0.450. The van der Waals surface area contributed by atoms with Crippen LogP contribution in [0, 0.1) is 5.41 Å². The van der Waals surface area contributed by atoms with Gasteiger partial charge in [-0.1, -0.05) is 20.8 Å². The SMILES string of the molecule is CC(C)(C)C(=O)CN1C[C@H]2CNC[C@@H](C1)O2. The van der Waals surface area contributed by atoms with Gasteiger partial charge in [-0.25, -0.2) is 0 Å². The van der Waals surface area contributed by atoms with Crippen LogP contribution in [0.2, 0.25) is 0 Å². The zero-order valence-corrected chi connectivity index (χ0v) is 10.5. The van der Waals surface area contributed by atoms with Crippen LogP contribution in [-0.4, -0.2) is 55.6 Å². The van der Waals surface area contributed by atoms with E-state index >= 15 is 0 Å². The number of nitrogens with zero attached hydrogens (tertiary/aromatic N) is 1. The number of hydrogen-bond donors (Lipinski definition) is 1. The van der Waals surface area contributed by atoms with Crippen LogP contribution in [0.3, 0.4) is 0 Å². The second-order valence-electron chi connectivity index (χ2n) is 5.91. The minimum absolute atomic E-state index is 0.230. The van der Waals surface area contributed by atoms with Crippen molar-refractivity contribution >= 4 is 5.78 Å². The Morgan fingerprint density at radius 2 is 1.88 bits per heavy atom. The first-order valence-corrected chi connectivity index (χ1v) is 6.07. The summed E-state index contributed by atoms with van der Waals surface area (Å²) in [6.07, 6.45) is 0.528. The van der Waals surface area contributed by atoms with E-state index in [9.17, 15) is 4.79 Å². The maximum Gasteiger partial charge on any atom is 0.152 e. The molecule has 0 saturated carbocycles. The van der Waals surface area contributed by atoms with Crippen LogP contribution in [0.15, 0.2) is 0 Å². The van der Waals surface area contributed by atoms with Gasteiger partial charge in [0.25, 0.3) is 0 Å². The first-order chi connectivity index (χ1) is 7.45. The molecule has 2 rings (SSSR count). The fourth-order valence-corrected chi connectivity index (χ4v) is 2.21. The highest BCUT2D eigenvalue weighted by Crippen LogP contribution is 2.18.